The van der Waals surface area contributed by atoms with Crippen molar-refractivity contribution in [3.05, 3.63) is 0 Å². The Kier molecular flexibility index (Phi) is 8.41. The Balaban J connectivity index is 1.36. The summed E-state index contributed by atoms with van der Waals surface area (Å²) in [6.45, 7) is 19.9. The van der Waals surface area contributed by atoms with Crippen LogP contribution in [0.1, 0.15) is 126 Å². The quantitative estimate of drug-likeness (QED) is 0.249. The van der Waals surface area contributed by atoms with Gasteiger partial charge in [-0.25, -0.2) is 0 Å². The van der Waals surface area contributed by atoms with E-state index in [1.807, 2.05) is 0 Å². The second kappa shape index (κ2) is 10.7. The zero-order valence-corrected chi connectivity index (χ0v) is 27.6. The van der Waals surface area contributed by atoms with E-state index >= 15 is 0 Å². The standard InChI is InChI=1S/C36H64O5/c1-21-18-32(3,4)28-13-16-36(8)30(34(28,6)19-21)10-9-29-33(5)14-11-23(24(33)12-15-35(29,36)7)22(2)25(38)17-26(39)31(41)27(40)20-37/h21-31,37-41H,9-20H2,1-8H3/t21?,22?,23?,24?,25?,26?,27?,28-,29+,30+,31?,33-,34-,35+,36+/m0/s1. The molecule has 0 spiro atoms. The minimum Gasteiger partial charge on any atom is -0.394 e. The fourth-order valence-corrected chi connectivity index (χ4v) is 13.9. The second-order valence-corrected chi connectivity index (χ2v) is 17.9. The number of hydrogen-bond acceptors (Lipinski definition) is 5. The monoisotopic (exact) mass is 576 g/mol. The number of hydrogen-bond donors (Lipinski definition) is 5. The van der Waals surface area contributed by atoms with Crippen molar-refractivity contribution in [3.8, 4) is 0 Å². The summed E-state index contributed by atoms with van der Waals surface area (Å²) in [6.07, 6.45) is 8.28. The number of aliphatic hydroxyl groups is 5. The summed E-state index contributed by atoms with van der Waals surface area (Å²) in [5.74, 6) is 4.17. The third-order valence-corrected chi connectivity index (χ3v) is 15.6. The predicted octanol–water partition coefficient (Wildman–Crippen LogP) is 6.19. The number of aliphatic hydroxyl groups excluding tert-OH is 5. The third kappa shape index (κ3) is 4.72. The van der Waals surface area contributed by atoms with Crippen LogP contribution in [-0.4, -0.2) is 56.6 Å². The van der Waals surface area contributed by atoms with Gasteiger partial charge in [0.05, 0.1) is 18.8 Å². The summed E-state index contributed by atoms with van der Waals surface area (Å²) in [6, 6.07) is 0. The van der Waals surface area contributed by atoms with Crippen LogP contribution >= 0.6 is 0 Å². The van der Waals surface area contributed by atoms with E-state index in [0.29, 0.717) is 39.4 Å². The first-order chi connectivity index (χ1) is 19.0. The van der Waals surface area contributed by atoms with Crippen LogP contribution in [0.25, 0.3) is 0 Å². The molecule has 0 heterocycles. The van der Waals surface area contributed by atoms with Crippen LogP contribution in [0.5, 0.6) is 0 Å². The molecule has 0 saturated heterocycles. The molecule has 0 aromatic heterocycles. The average molecular weight is 577 g/mol. The van der Waals surface area contributed by atoms with Crippen molar-refractivity contribution >= 4 is 0 Å². The second-order valence-electron chi connectivity index (χ2n) is 17.9. The largest absolute Gasteiger partial charge is 0.394 e. The van der Waals surface area contributed by atoms with E-state index in [2.05, 4.69) is 55.4 Å². The van der Waals surface area contributed by atoms with E-state index in [9.17, 15) is 20.4 Å². The van der Waals surface area contributed by atoms with Gasteiger partial charge in [-0.1, -0.05) is 55.4 Å². The molecule has 0 aromatic rings. The Labute approximate surface area is 250 Å². The summed E-state index contributed by atoms with van der Waals surface area (Å²) in [7, 11) is 0. The van der Waals surface area contributed by atoms with Crippen LogP contribution in [0.15, 0.2) is 0 Å². The molecule has 41 heavy (non-hydrogen) atoms. The highest BCUT2D eigenvalue weighted by Gasteiger charge is 2.70. The van der Waals surface area contributed by atoms with Crippen molar-refractivity contribution in [2.75, 3.05) is 6.61 Å². The maximum atomic E-state index is 11.2. The van der Waals surface area contributed by atoms with Crippen LogP contribution < -0.4 is 0 Å². The lowest BCUT2D eigenvalue weighted by molar-refractivity contribution is -0.246. The van der Waals surface area contributed by atoms with Gasteiger partial charge in [0.25, 0.3) is 0 Å². The van der Waals surface area contributed by atoms with Gasteiger partial charge in [-0.3, -0.25) is 0 Å². The molecular weight excluding hydrogens is 512 g/mol. The van der Waals surface area contributed by atoms with E-state index in [1.54, 1.807) is 0 Å². The van der Waals surface area contributed by atoms with Crippen LogP contribution in [-0.2, 0) is 0 Å². The summed E-state index contributed by atoms with van der Waals surface area (Å²) < 4.78 is 0. The lowest BCUT2D eigenvalue weighted by atomic mass is 9.31. The summed E-state index contributed by atoms with van der Waals surface area (Å²) in [5.41, 5.74) is 1.87. The Morgan fingerprint density at radius 2 is 1.24 bits per heavy atom. The van der Waals surface area contributed by atoms with Crippen molar-refractivity contribution in [2.24, 2.45) is 68.5 Å². The lowest BCUT2D eigenvalue weighted by Crippen LogP contribution is -2.66. The normalized spacial score (nSPS) is 50.9. The Bertz CT molecular complexity index is 952. The molecule has 0 radical (unpaired) electrons. The minimum absolute atomic E-state index is 0.0199. The maximum Gasteiger partial charge on any atom is 0.108 e. The minimum atomic E-state index is -1.45. The highest BCUT2D eigenvalue weighted by atomic mass is 16.4. The topological polar surface area (TPSA) is 101 Å². The first-order valence-corrected chi connectivity index (χ1v) is 17.3. The van der Waals surface area contributed by atoms with Gasteiger partial charge in [0, 0.05) is 6.42 Å². The molecule has 0 aromatic carbocycles. The van der Waals surface area contributed by atoms with Crippen LogP contribution in [0.4, 0.5) is 0 Å². The number of rotatable bonds is 7. The van der Waals surface area contributed by atoms with E-state index < -0.39 is 31.0 Å². The molecule has 5 saturated carbocycles. The molecule has 5 N–H and O–H groups in total. The van der Waals surface area contributed by atoms with Crippen molar-refractivity contribution in [1.29, 1.82) is 0 Å². The van der Waals surface area contributed by atoms with Crippen molar-refractivity contribution < 1.29 is 25.5 Å². The molecule has 15 atom stereocenters. The van der Waals surface area contributed by atoms with Gasteiger partial charge in [-0.15, -0.1) is 0 Å². The smallest absolute Gasteiger partial charge is 0.108 e. The fraction of sp³-hybridized carbons (Fsp3) is 1.00. The first kappa shape index (κ1) is 32.2. The highest BCUT2D eigenvalue weighted by molar-refractivity contribution is 5.19. The van der Waals surface area contributed by atoms with Crippen LogP contribution in [0.3, 0.4) is 0 Å². The van der Waals surface area contributed by atoms with Gasteiger partial charge in [-0.2, -0.15) is 0 Å². The molecule has 5 nitrogen and oxygen atoms in total. The van der Waals surface area contributed by atoms with E-state index in [0.717, 1.165) is 24.2 Å². The van der Waals surface area contributed by atoms with Gasteiger partial charge >= 0.3 is 0 Å². The summed E-state index contributed by atoms with van der Waals surface area (Å²) >= 11 is 0. The van der Waals surface area contributed by atoms with E-state index in [1.165, 1.54) is 57.8 Å². The molecule has 5 rings (SSSR count). The van der Waals surface area contributed by atoms with Crippen LogP contribution in [0, 0.1) is 68.5 Å². The van der Waals surface area contributed by atoms with Gasteiger partial charge in [0.2, 0.25) is 0 Å². The molecule has 5 fully saturated rings. The van der Waals surface area contributed by atoms with Gasteiger partial charge in [0.1, 0.15) is 12.2 Å². The molecule has 5 aliphatic carbocycles. The third-order valence-electron chi connectivity index (χ3n) is 15.6. The average Bonchev–Trinajstić information content (AvgIpc) is 3.23. The maximum absolute atomic E-state index is 11.2. The zero-order chi connectivity index (χ0) is 30.3. The highest BCUT2D eigenvalue weighted by Crippen LogP contribution is 2.78. The van der Waals surface area contributed by atoms with Gasteiger partial charge in [-0.05, 0) is 133 Å². The molecule has 5 heteroatoms. The molecule has 0 aliphatic heterocycles. The molecule has 8 unspecified atom stereocenters. The van der Waals surface area contributed by atoms with Crippen LogP contribution in [0.2, 0.25) is 0 Å². The van der Waals surface area contributed by atoms with E-state index in [-0.39, 0.29) is 17.8 Å². The number of fused-ring (bicyclic) bond motifs is 7. The van der Waals surface area contributed by atoms with Crippen molar-refractivity contribution in [1.82, 2.24) is 0 Å². The predicted molar refractivity (Wildman–Crippen MR) is 164 cm³/mol. The first-order valence-electron chi connectivity index (χ1n) is 17.3. The summed E-state index contributed by atoms with van der Waals surface area (Å²) in [5, 5.41) is 50.7. The Hall–Kier alpha value is -0.200. The zero-order valence-electron chi connectivity index (χ0n) is 27.6. The molecule has 0 amide bonds. The SMILES string of the molecule is CC1CC(C)(C)[C@@H]2CC[C@]3(C)[C@H](CC[C@@H]4[C@@]5(C)CCC(C(C)C(O)CC(O)C(O)C(O)CO)C5CC[C@]43C)[C@@]2(C)C1. The van der Waals surface area contributed by atoms with Crippen molar-refractivity contribution in [2.45, 2.75) is 150 Å². The van der Waals surface area contributed by atoms with Gasteiger partial charge < -0.3 is 25.5 Å². The summed E-state index contributed by atoms with van der Waals surface area (Å²) in [4.78, 5) is 0. The molecule has 5 aliphatic rings. The molecular formula is C36H64O5. The Morgan fingerprint density at radius 3 is 1.85 bits per heavy atom. The fourth-order valence-electron chi connectivity index (χ4n) is 13.9. The lowest BCUT2D eigenvalue weighted by Gasteiger charge is -2.73. The molecule has 238 valence electrons. The van der Waals surface area contributed by atoms with E-state index in [4.69, 9.17) is 5.11 Å². The van der Waals surface area contributed by atoms with Crippen molar-refractivity contribution in [3.63, 3.8) is 0 Å². The molecule has 0 bridgehead atoms. The van der Waals surface area contributed by atoms with Gasteiger partial charge in [0.15, 0.2) is 0 Å². The Morgan fingerprint density at radius 1 is 0.659 bits per heavy atom.